The van der Waals surface area contributed by atoms with Crippen LogP contribution in [0.4, 0.5) is 0 Å². The number of carbonyl (C=O) groups excluding carboxylic acids is 1. The molecule has 24 heavy (non-hydrogen) atoms. The van der Waals surface area contributed by atoms with Gasteiger partial charge in [-0.3, -0.25) is 4.79 Å². The highest BCUT2D eigenvalue weighted by Crippen LogP contribution is 2.26. The maximum absolute atomic E-state index is 13.0. The van der Waals surface area contributed by atoms with Gasteiger partial charge in [-0.2, -0.15) is 0 Å². The highest BCUT2D eigenvalue weighted by Gasteiger charge is 2.35. The summed E-state index contributed by atoms with van der Waals surface area (Å²) in [5.74, 6) is -0.0321. The Morgan fingerprint density at radius 2 is 2.04 bits per heavy atom. The van der Waals surface area contributed by atoms with Crippen molar-refractivity contribution in [3.63, 3.8) is 0 Å². The number of hydrogen-bond acceptors (Lipinski definition) is 4. The van der Waals surface area contributed by atoms with Crippen molar-refractivity contribution in [3.05, 3.63) is 33.3 Å². The topological polar surface area (TPSA) is 57.7 Å². The molecule has 1 aromatic rings. The van der Waals surface area contributed by atoms with Crippen LogP contribution in [0.15, 0.2) is 22.7 Å². The Morgan fingerprint density at radius 3 is 2.62 bits per heavy atom. The molecule has 0 bridgehead atoms. The first-order chi connectivity index (χ1) is 11.2. The second kappa shape index (κ2) is 8.17. The van der Waals surface area contributed by atoms with Crippen molar-refractivity contribution in [3.8, 4) is 0 Å². The molecule has 1 atom stereocenters. The molecule has 1 saturated heterocycles. The Morgan fingerprint density at radius 1 is 1.33 bits per heavy atom. The number of carbonyl (C=O) groups is 1. The van der Waals surface area contributed by atoms with Gasteiger partial charge in [-0.15, -0.1) is 0 Å². The van der Waals surface area contributed by atoms with E-state index in [-0.39, 0.29) is 23.5 Å². The van der Waals surface area contributed by atoms with Crippen LogP contribution in [0, 0.1) is 0 Å². The molecule has 2 rings (SSSR count). The van der Waals surface area contributed by atoms with Gasteiger partial charge in [-0.05, 0) is 51.7 Å². The van der Waals surface area contributed by atoms with Crippen molar-refractivity contribution in [2.24, 2.45) is 0 Å². The fourth-order valence-corrected chi connectivity index (χ4v) is 5.13. The van der Waals surface area contributed by atoms with Gasteiger partial charge >= 0.3 is 0 Å². The van der Waals surface area contributed by atoms with Crippen molar-refractivity contribution in [2.45, 2.75) is 18.9 Å². The Bertz CT molecular complexity index is 709. The van der Waals surface area contributed by atoms with Gasteiger partial charge in [0.2, 0.25) is 0 Å². The number of halogens is 2. The maximum atomic E-state index is 13.0. The van der Waals surface area contributed by atoms with E-state index in [1.54, 1.807) is 23.1 Å². The quantitative estimate of drug-likeness (QED) is 0.686. The van der Waals surface area contributed by atoms with E-state index in [0.717, 1.165) is 17.4 Å². The SMILES string of the molecule is CN(C)CCCN(C(=O)c1cc(Br)ccc1Cl)C1CCS(=O)(=O)C1. The lowest BCUT2D eigenvalue weighted by molar-refractivity contribution is 0.0690. The molecule has 1 amide bonds. The molecule has 134 valence electrons. The van der Waals surface area contributed by atoms with Crippen LogP contribution in [0.1, 0.15) is 23.2 Å². The lowest BCUT2D eigenvalue weighted by Gasteiger charge is -2.29. The monoisotopic (exact) mass is 436 g/mol. The summed E-state index contributed by atoms with van der Waals surface area (Å²) in [5.41, 5.74) is 0.403. The molecule has 5 nitrogen and oxygen atoms in total. The van der Waals surface area contributed by atoms with Crippen LogP contribution in [0.5, 0.6) is 0 Å². The zero-order chi connectivity index (χ0) is 17.9. The van der Waals surface area contributed by atoms with Crippen LogP contribution in [-0.4, -0.2) is 68.9 Å². The Labute approximate surface area is 157 Å². The van der Waals surface area contributed by atoms with Crippen LogP contribution >= 0.6 is 27.5 Å². The lowest BCUT2D eigenvalue weighted by Crippen LogP contribution is -2.42. The van der Waals surface area contributed by atoms with Crippen molar-refractivity contribution < 1.29 is 13.2 Å². The minimum Gasteiger partial charge on any atom is -0.335 e. The molecule has 0 aliphatic carbocycles. The molecule has 1 unspecified atom stereocenters. The Balaban J connectivity index is 2.24. The number of rotatable bonds is 6. The summed E-state index contributed by atoms with van der Waals surface area (Å²) in [6.07, 6.45) is 1.27. The molecule has 0 aromatic heterocycles. The normalized spacial score (nSPS) is 19.6. The first-order valence-electron chi connectivity index (χ1n) is 7.81. The van der Waals surface area contributed by atoms with E-state index in [1.807, 2.05) is 19.0 Å². The van der Waals surface area contributed by atoms with Crippen molar-refractivity contribution in [1.82, 2.24) is 9.80 Å². The van der Waals surface area contributed by atoms with Crippen molar-refractivity contribution >= 4 is 43.3 Å². The van der Waals surface area contributed by atoms with Crippen LogP contribution < -0.4 is 0 Å². The minimum atomic E-state index is -3.06. The highest BCUT2D eigenvalue weighted by atomic mass is 79.9. The maximum Gasteiger partial charge on any atom is 0.255 e. The number of hydrogen-bond donors (Lipinski definition) is 0. The number of sulfone groups is 1. The number of amides is 1. The third-order valence-corrected chi connectivity index (χ3v) is 6.65. The summed E-state index contributed by atoms with van der Waals surface area (Å²) < 4.78 is 24.4. The molecule has 0 saturated carbocycles. The van der Waals surface area contributed by atoms with E-state index in [4.69, 9.17) is 11.6 Å². The van der Waals surface area contributed by atoms with Crippen LogP contribution in [0.2, 0.25) is 5.02 Å². The molecule has 0 spiro atoms. The zero-order valence-corrected chi connectivity index (χ0v) is 17.0. The number of benzene rings is 1. The van der Waals surface area contributed by atoms with E-state index >= 15 is 0 Å². The first-order valence-corrected chi connectivity index (χ1v) is 10.8. The second-order valence-corrected chi connectivity index (χ2v) is 9.89. The minimum absolute atomic E-state index is 0.0341. The molecule has 0 radical (unpaired) electrons. The molecule has 0 N–H and O–H groups in total. The molecule has 1 aliphatic rings. The smallest absolute Gasteiger partial charge is 0.255 e. The third kappa shape index (κ3) is 5.18. The van der Waals surface area contributed by atoms with E-state index < -0.39 is 9.84 Å². The Hall–Kier alpha value is -0.630. The average Bonchev–Trinajstić information content (AvgIpc) is 2.85. The largest absolute Gasteiger partial charge is 0.335 e. The second-order valence-electron chi connectivity index (χ2n) is 6.34. The van der Waals surface area contributed by atoms with Gasteiger partial charge < -0.3 is 9.80 Å². The average molecular weight is 438 g/mol. The summed E-state index contributed by atoms with van der Waals surface area (Å²) in [6, 6.07) is 4.85. The lowest BCUT2D eigenvalue weighted by atomic mass is 10.1. The molecule has 1 aliphatic heterocycles. The van der Waals surface area contributed by atoms with E-state index in [1.165, 1.54) is 0 Å². The van der Waals surface area contributed by atoms with Gasteiger partial charge in [-0.1, -0.05) is 27.5 Å². The summed E-state index contributed by atoms with van der Waals surface area (Å²) >= 11 is 9.54. The van der Waals surface area contributed by atoms with Gasteiger partial charge in [0.25, 0.3) is 5.91 Å². The van der Waals surface area contributed by atoms with Gasteiger partial charge in [0, 0.05) is 17.1 Å². The Kier molecular flexibility index (Phi) is 6.70. The van der Waals surface area contributed by atoms with Crippen LogP contribution in [-0.2, 0) is 9.84 Å². The van der Waals surface area contributed by atoms with Crippen LogP contribution in [0.3, 0.4) is 0 Å². The summed E-state index contributed by atoms with van der Waals surface area (Å²) in [4.78, 5) is 16.7. The molecular weight excluding hydrogens is 416 g/mol. The van der Waals surface area contributed by atoms with E-state index in [9.17, 15) is 13.2 Å². The fraction of sp³-hybridized carbons (Fsp3) is 0.562. The van der Waals surface area contributed by atoms with Gasteiger partial charge in [0.15, 0.2) is 9.84 Å². The van der Waals surface area contributed by atoms with E-state index in [0.29, 0.717) is 23.6 Å². The molecular formula is C16H22BrClN2O3S. The molecule has 8 heteroatoms. The highest BCUT2D eigenvalue weighted by molar-refractivity contribution is 9.10. The predicted octanol–water partition coefficient (Wildman–Crippen LogP) is 2.68. The van der Waals surface area contributed by atoms with Crippen LogP contribution in [0.25, 0.3) is 0 Å². The predicted molar refractivity (Wildman–Crippen MR) is 100 cm³/mol. The zero-order valence-electron chi connectivity index (χ0n) is 13.8. The molecule has 1 fully saturated rings. The fourth-order valence-electron chi connectivity index (χ4n) is 2.84. The molecule has 1 heterocycles. The molecule has 1 aromatic carbocycles. The van der Waals surface area contributed by atoms with Crippen molar-refractivity contribution in [2.75, 3.05) is 38.7 Å². The van der Waals surface area contributed by atoms with Gasteiger partial charge in [0.1, 0.15) is 0 Å². The summed E-state index contributed by atoms with van der Waals surface area (Å²) in [5, 5.41) is 0.377. The first kappa shape index (κ1) is 19.7. The van der Waals surface area contributed by atoms with Gasteiger partial charge in [0.05, 0.1) is 22.1 Å². The van der Waals surface area contributed by atoms with Crippen molar-refractivity contribution in [1.29, 1.82) is 0 Å². The van der Waals surface area contributed by atoms with Gasteiger partial charge in [-0.25, -0.2) is 8.42 Å². The van der Waals surface area contributed by atoms with E-state index in [2.05, 4.69) is 15.9 Å². The third-order valence-electron chi connectivity index (χ3n) is 4.07. The summed E-state index contributed by atoms with van der Waals surface area (Å²) in [6.45, 7) is 1.34. The standard InChI is InChI=1S/C16H22BrClN2O3S/c1-19(2)7-3-8-20(13-6-9-24(22,23)11-13)16(21)14-10-12(17)4-5-15(14)18/h4-5,10,13H,3,6-9,11H2,1-2H3. The summed E-state index contributed by atoms with van der Waals surface area (Å²) in [7, 11) is 0.877. The number of nitrogens with zero attached hydrogens (tertiary/aromatic N) is 2.